The van der Waals surface area contributed by atoms with Crippen LogP contribution in [0, 0.1) is 0 Å². The van der Waals surface area contributed by atoms with Crippen molar-refractivity contribution in [1.29, 1.82) is 0 Å². The first-order valence-electron chi connectivity index (χ1n) is 12.1. The second-order valence-electron chi connectivity index (χ2n) is 9.36. The van der Waals surface area contributed by atoms with Gasteiger partial charge in [-0.15, -0.1) is 0 Å². The topological polar surface area (TPSA) is 0 Å². The van der Waals surface area contributed by atoms with Crippen molar-refractivity contribution in [2.75, 3.05) is 0 Å². The predicted octanol–water partition coefficient (Wildman–Crippen LogP) is 8.05. The second-order valence-corrected chi connectivity index (χ2v) is 17.6. The minimum absolute atomic E-state index is 0.0413. The lowest BCUT2D eigenvalue weighted by atomic mass is 9.99. The highest BCUT2D eigenvalue weighted by atomic mass is 31.1. The standard InChI is InChI=1S/C25H43PSi/c1-4-27(5-2,6-3)21-22-15-13-14-20-25(22)26(23-16-9-7-10-17-23)24-18-11-8-12-19-24/h13-15,20,23-24H,4-12,16-19,21H2,1-3H3. The molecule has 27 heavy (non-hydrogen) atoms. The minimum Gasteiger partial charge on any atom is -0.0687 e. The predicted molar refractivity (Wildman–Crippen MR) is 128 cm³/mol. The van der Waals surface area contributed by atoms with Crippen molar-refractivity contribution in [2.45, 2.75) is 120 Å². The summed E-state index contributed by atoms with van der Waals surface area (Å²) in [6, 6.07) is 15.7. The van der Waals surface area contributed by atoms with Crippen LogP contribution in [0.1, 0.15) is 90.5 Å². The fourth-order valence-electron chi connectivity index (χ4n) is 5.85. The van der Waals surface area contributed by atoms with E-state index in [0.717, 1.165) is 11.3 Å². The van der Waals surface area contributed by atoms with Crippen molar-refractivity contribution < 1.29 is 0 Å². The minimum atomic E-state index is -1.12. The Balaban J connectivity index is 1.93. The van der Waals surface area contributed by atoms with E-state index in [2.05, 4.69) is 45.0 Å². The van der Waals surface area contributed by atoms with Crippen molar-refractivity contribution in [3.63, 3.8) is 0 Å². The third-order valence-electron chi connectivity index (χ3n) is 8.02. The maximum absolute atomic E-state index is 2.59. The van der Waals surface area contributed by atoms with Gasteiger partial charge in [0.05, 0.1) is 8.07 Å². The van der Waals surface area contributed by atoms with Crippen LogP contribution in [0.25, 0.3) is 0 Å². The fourth-order valence-corrected chi connectivity index (χ4v) is 13.3. The first-order valence-corrected chi connectivity index (χ1v) is 16.4. The van der Waals surface area contributed by atoms with Gasteiger partial charge in [0, 0.05) is 0 Å². The van der Waals surface area contributed by atoms with Crippen LogP contribution >= 0.6 is 7.92 Å². The molecule has 0 amide bonds. The van der Waals surface area contributed by atoms with E-state index in [4.69, 9.17) is 0 Å². The van der Waals surface area contributed by atoms with Crippen molar-refractivity contribution in [1.82, 2.24) is 0 Å². The number of rotatable bonds is 8. The summed E-state index contributed by atoms with van der Waals surface area (Å²) in [5, 5.41) is 1.86. The molecular formula is C25H43PSi. The lowest BCUT2D eigenvalue weighted by molar-refractivity contribution is 0.487. The summed E-state index contributed by atoms with van der Waals surface area (Å²) in [6.07, 6.45) is 15.1. The van der Waals surface area contributed by atoms with Gasteiger partial charge in [-0.1, -0.05) is 110 Å². The molecule has 2 fully saturated rings. The molecule has 0 N–H and O–H groups in total. The van der Waals surface area contributed by atoms with Crippen LogP contribution < -0.4 is 5.30 Å². The highest BCUT2D eigenvalue weighted by Gasteiger charge is 2.35. The lowest BCUT2D eigenvalue weighted by Gasteiger charge is -2.40. The Morgan fingerprint density at radius 1 is 0.741 bits per heavy atom. The molecule has 0 spiro atoms. The molecule has 2 aliphatic carbocycles. The van der Waals surface area contributed by atoms with Gasteiger partial charge in [-0.2, -0.15) is 0 Å². The number of benzene rings is 1. The summed E-state index contributed by atoms with van der Waals surface area (Å²) in [6.45, 7) is 7.44. The molecule has 0 radical (unpaired) electrons. The summed E-state index contributed by atoms with van der Waals surface area (Å²) in [5.41, 5.74) is 3.84. The van der Waals surface area contributed by atoms with E-state index in [0.29, 0.717) is 0 Å². The van der Waals surface area contributed by atoms with Gasteiger partial charge in [-0.25, -0.2) is 0 Å². The molecule has 1 aromatic rings. The van der Waals surface area contributed by atoms with Crippen molar-refractivity contribution in [3.8, 4) is 0 Å². The molecule has 1 aromatic carbocycles. The smallest absolute Gasteiger partial charge is 0.0571 e. The van der Waals surface area contributed by atoms with Gasteiger partial charge >= 0.3 is 0 Å². The van der Waals surface area contributed by atoms with Gasteiger partial charge in [0.2, 0.25) is 0 Å². The molecule has 0 saturated heterocycles. The van der Waals surface area contributed by atoms with Crippen LogP contribution in [-0.2, 0) is 6.04 Å². The molecule has 2 heteroatoms. The summed E-state index contributed by atoms with van der Waals surface area (Å²) >= 11 is 0. The normalized spacial score (nSPS) is 20.3. The maximum Gasteiger partial charge on any atom is 0.0571 e. The summed E-state index contributed by atoms with van der Waals surface area (Å²) in [5.74, 6) is 0. The SMILES string of the molecule is CC[Si](CC)(CC)Cc1ccccc1P(C1CCCCC1)C1CCCCC1. The average molecular weight is 403 g/mol. The van der Waals surface area contributed by atoms with Gasteiger partial charge < -0.3 is 0 Å². The van der Waals surface area contributed by atoms with Crippen molar-refractivity contribution in [2.24, 2.45) is 0 Å². The fraction of sp³-hybridized carbons (Fsp3) is 0.760. The zero-order chi connectivity index (χ0) is 19.1. The molecule has 0 aromatic heterocycles. The van der Waals surface area contributed by atoms with E-state index in [9.17, 15) is 0 Å². The van der Waals surface area contributed by atoms with E-state index in [-0.39, 0.29) is 7.92 Å². The Morgan fingerprint density at radius 3 is 1.70 bits per heavy atom. The highest BCUT2D eigenvalue weighted by Crippen LogP contribution is 2.55. The van der Waals surface area contributed by atoms with Crippen LogP contribution in [0.4, 0.5) is 0 Å². The van der Waals surface area contributed by atoms with Crippen LogP contribution in [-0.4, -0.2) is 19.4 Å². The summed E-state index contributed by atoms with van der Waals surface area (Å²) < 4.78 is 0. The molecule has 152 valence electrons. The van der Waals surface area contributed by atoms with E-state index in [1.54, 1.807) is 5.56 Å². The number of hydrogen-bond acceptors (Lipinski definition) is 0. The molecule has 0 nitrogen and oxygen atoms in total. The molecule has 0 heterocycles. The van der Waals surface area contributed by atoms with Gasteiger partial charge in [0.25, 0.3) is 0 Å². The van der Waals surface area contributed by atoms with Crippen LogP contribution in [0.2, 0.25) is 18.1 Å². The zero-order valence-electron chi connectivity index (χ0n) is 18.3. The molecule has 2 aliphatic rings. The molecule has 0 unspecified atom stereocenters. The Hall–Kier alpha value is -0.133. The molecular weight excluding hydrogens is 359 g/mol. The Kier molecular flexibility index (Phi) is 8.46. The van der Waals surface area contributed by atoms with E-state index in [1.165, 1.54) is 88.4 Å². The molecule has 2 saturated carbocycles. The Morgan fingerprint density at radius 2 is 1.22 bits per heavy atom. The zero-order valence-corrected chi connectivity index (χ0v) is 20.2. The summed E-state index contributed by atoms with van der Waals surface area (Å²) in [7, 11) is -1.08. The summed E-state index contributed by atoms with van der Waals surface area (Å²) in [4.78, 5) is 0. The molecule has 0 atom stereocenters. The van der Waals surface area contributed by atoms with Gasteiger partial charge in [0.1, 0.15) is 0 Å². The van der Waals surface area contributed by atoms with Crippen LogP contribution in [0.3, 0.4) is 0 Å². The monoisotopic (exact) mass is 402 g/mol. The molecule has 0 bridgehead atoms. The van der Waals surface area contributed by atoms with Gasteiger partial charge in [-0.3, -0.25) is 0 Å². The first-order chi connectivity index (χ1) is 13.2. The first kappa shape index (κ1) is 21.6. The van der Waals surface area contributed by atoms with Crippen molar-refractivity contribution in [3.05, 3.63) is 29.8 Å². The Labute approximate surface area is 171 Å². The number of hydrogen-bond donors (Lipinski definition) is 0. The van der Waals surface area contributed by atoms with E-state index in [1.807, 2.05) is 5.30 Å². The average Bonchev–Trinajstić information content (AvgIpc) is 2.75. The van der Waals surface area contributed by atoms with Gasteiger partial charge in [0.15, 0.2) is 0 Å². The molecule has 3 rings (SSSR count). The van der Waals surface area contributed by atoms with Crippen molar-refractivity contribution >= 4 is 21.3 Å². The quantitative estimate of drug-likeness (QED) is 0.305. The van der Waals surface area contributed by atoms with E-state index >= 15 is 0 Å². The van der Waals surface area contributed by atoms with Gasteiger partial charge in [-0.05, 0) is 53.9 Å². The largest absolute Gasteiger partial charge is 0.0687 e. The van der Waals surface area contributed by atoms with Crippen LogP contribution in [0.15, 0.2) is 24.3 Å². The third kappa shape index (κ3) is 5.27. The highest BCUT2D eigenvalue weighted by molar-refractivity contribution is 7.67. The Bertz CT molecular complexity index is 527. The lowest BCUT2D eigenvalue weighted by Crippen LogP contribution is -2.37. The second kappa shape index (κ2) is 10.6. The molecule has 0 aliphatic heterocycles. The van der Waals surface area contributed by atoms with Crippen LogP contribution in [0.5, 0.6) is 0 Å². The maximum atomic E-state index is 2.59. The van der Waals surface area contributed by atoms with E-state index < -0.39 is 8.07 Å². The third-order valence-corrected chi connectivity index (χ3v) is 17.3.